The second-order valence-corrected chi connectivity index (χ2v) is 8.43. The number of rotatable bonds is 7. The zero-order valence-corrected chi connectivity index (χ0v) is 19.7. The highest BCUT2D eigenvalue weighted by Crippen LogP contribution is 2.27. The van der Waals surface area contributed by atoms with Crippen LogP contribution in [0.2, 0.25) is 0 Å². The van der Waals surface area contributed by atoms with Crippen LogP contribution in [0.5, 0.6) is 0 Å². The van der Waals surface area contributed by atoms with Gasteiger partial charge in [-0.2, -0.15) is 0 Å². The lowest BCUT2D eigenvalue weighted by Crippen LogP contribution is -2.15. The number of furan rings is 2. The largest absolute Gasteiger partial charge is 0.467 e. The smallest absolute Gasteiger partial charge is 0.339 e. The summed E-state index contributed by atoms with van der Waals surface area (Å²) in [6, 6.07) is 18.1. The van der Waals surface area contributed by atoms with Crippen molar-refractivity contribution in [2.45, 2.75) is 27.3 Å². The maximum absolute atomic E-state index is 13.1. The first-order valence-corrected chi connectivity index (χ1v) is 11.3. The van der Waals surface area contributed by atoms with Crippen LogP contribution < -0.4 is 0 Å². The summed E-state index contributed by atoms with van der Waals surface area (Å²) in [4.78, 5) is 30.7. The van der Waals surface area contributed by atoms with Gasteiger partial charge in [-0.1, -0.05) is 18.2 Å². The molecule has 35 heavy (non-hydrogen) atoms. The van der Waals surface area contributed by atoms with Crippen molar-refractivity contribution in [2.24, 2.45) is 0 Å². The summed E-state index contributed by atoms with van der Waals surface area (Å²) < 4.78 is 18.6. The highest BCUT2D eigenvalue weighted by atomic mass is 16.5. The average molecular weight is 469 g/mol. The van der Waals surface area contributed by atoms with E-state index in [-0.39, 0.29) is 12.4 Å². The molecule has 5 aromatic rings. The fraction of sp³-hybridized carbons (Fsp3) is 0.179. The van der Waals surface area contributed by atoms with Crippen molar-refractivity contribution in [1.82, 2.24) is 9.55 Å². The lowest BCUT2D eigenvalue weighted by Gasteiger charge is -2.10. The topological polar surface area (TPSA) is 87.5 Å². The number of pyridine rings is 1. The molecule has 0 saturated heterocycles. The maximum Gasteiger partial charge on any atom is 0.339 e. The number of esters is 1. The molecule has 4 heterocycles. The van der Waals surface area contributed by atoms with E-state index in [0.717, 1.165) is 22.9 Å². The van der Waals surface area contributed by atoms with Crippen molar-refractivity contribution >= 4 is 22.7 Å². The van der Waals surface area contributed by atoms with Gasteiger partial charge < -0.3 is 18.1 Å². The fourth-order valence-electron chi connectivity index (χ4n) is 4.21. The molecule has 0 saturated carbocycles. The second kappa shape index (κ2) is 9.10. The first-order valence-electron chi connectivity index (χ1n) is 11.3. The second-order valence-electron chi connectivity index (χ2n) is 8.43. The van der Waals surface area contributed by atoms with Crippen LogP contribution in [0, 0.1) is 20.8 Å². The van der Waals surface area contributed by atoms with Gasteiger partial charge in [0.2, 0.25) is 5.78 Å². The number of ether oxygens (including phenoxy) is 1. The van der Waals surface area contributed by atoms with Crippen LogP contribution in [0.4, 0.5) is 0 Å². The van der Waals surface area contributed by atoms with E-state index in [4.69, 9.17) is 13.6 Å². The van der Waals surface area contributed by atoms with Gasteiger partial charge >= 0.3 is 5.97 Å². The SMILES string of the molecule is Cc1ccc(-c2cc(C(=O)OCC(=O)c3cc(C)n(Cc4ccco4)c3C)c3ccccc3n2)o1. The molecule has 0 fully saturated rings. The highest BCUT2D eigenvalue weighted by molar-refractivity contribution is 6.06. The lowest BCUT2D eigenvalue weighted by atomic mass is 10.1. The predicted molar refractivity (Wildman–Crippen MR) is 131 cm³/mol. The molecule has 1 aromatic carbocycles. The minimum atomic E-state index is -0.592. The van der Waals surface area contributed by atoms with Crippen LogP contribution in [-0.4, -0.2) is 27.9 Å². The van der Waals surface area contributed by atoms with E-state index in [2.05, 4.69) is 4.98 Å². The zero-order chi connectivity index (χ0) is 24.5. The first-order chi connectivity index (χ1) is 16.9. The molecule has 0 aliphatic heterocycles. The molecule has 0 N–H and O–H groups in total. The van der Waals surface area contributed by atoms with E-state index in [9.17, 15) is 9.59 Å². The number of ketones is 1. The third-order valence-electron chi connectivity index (χ3n) is 6.03. The normalized spacial score (nSPS) is 11.2. The maximum atomic E-state index is 13.1. The number of Topliss-reactive ketones (excluding diaryl/α,β-unsaturated/α-hetero) is 1. The minimum absolute atomic E-state index is 0.266. The van der Waals surface area contributed by atoms with E-state index in [1.165, 1.54) is 0 Å². The van der Waals surface area contributed by atoms with E-state index in [0.29, 0.717) is 40.0 Å². The summed E-state index contributed by atoms with van der Waals surface area (Å²) >= 11 is 0. The number of carbonyl (C=O) groups excluding carboxylic acids is 2. The van der Waals surface area contributed by atoms with E-state index in [1.807, 2.05) is 73.9 Å². The van der Waals surface area contributed by atoms with Gasteiger partial charge in [-0.25, -0.2) is 9.78 Å². The summed E-state index contributed by atoms with van der Waals surface area (Å²) in [7, 11) is 0. The number of hydrogen-bond donors (Lipinski definition) is 0. The molecule has 0 aliphatic rings. The number of aromatic nitrogens is 2. The van der Waals surface area contributed by atoms with Crippen molar-refractivity contribution in [1.29, 1.82) is 0 Å². The fourth-order valence-corrected chi connectivity index (χ4v) is 4.21. The molecule has 0 unspecified atom stereocenters. The Kier molecular flexibility index (Phi) is 5.82. The Bertz CT molecular complexity index is 1540. The monoisotopic (exact) mass is 468 g/mol. The molecular weight excluding hydrogens is 444 g/mol. The zero-order valence-electron chi connectivity index (χ0n) is 19.7. The van der Waals surface area contributed by atoms with Crippen LogP contribution in [-0.2, 0) is 11.3 Å². The molecule has 4 aromatic heterocycles. The molecule has 0 aliphatic carbocycles. The van der Waals surface area contributed by atoms with Crippen LogP contribution in [0.15, 0.2) is 75.8 Å². The number of fused-ring (bicyclic) bond motifs is 1. The Hall–Kier alpha value is -4.39. The van der Waals surface area contributed by atoms with Crippen molar-refractivity contribution in [3.63, 3.8) is 0 Å². The molecule has 7 heteroatoms. The third-order valence-corrected chi connectivity index (χ3v) is 6.03. The van der Waals surface area contributed by atoms with Gasteiger partial charge in [0, 0.05) is 22.3 Å². The number of benzene rings is 1. The Morgan fingerprint density at radius 1 is 0.971 bits per heavy atom. The molecule has 176 valence electrons. The van der Waals surface area contributed by atoms with Gasteiger partial charge in [-0.05, 0) is 63.2 Å². The highest BCUT2D eigenvalue weighted by Gasteiger charge is 2.21. The van der Waals surface area contributed by atoms with Gasteiger partial charge in [-0.3, -0.25) is 4.79 Å². The van der Waals surface area contributed by atoms with Gasteiger partial charge in [0.25, 0.3) is 0 Å². The van der Waals surface area contributed by atoms with Crippen LogP contribution in [0.1, 0.15) is 43.6 Å². The molecule has 0 bridgehead atoms. The molecule has 0 spiro atoms. The number of hydrogen-bond acceptors (Lipinski definition) is 6. The molecule has 0 radical (unpaired) electrons. The predicted octanol–water partition coefficient (Wildman–Crippen LogP) is 5.90. The lowest BCUT2D eigenvalue weighted by molar-refractivity contribution is 0.0476. The molecule has 5 rings (SSSR count). The summed E-state index contributed by atoms with van der Waals surface area (Å²) in [5.41, 5.74) is 3.73. The summed E-state index contributed by atoms with van der Waals surface area (Å²) in [6.07, 6.45) is 1.62. The number of para-hydroxylation sites is 1. The van der Waals surface area contributed by atoms with Crippen molar-refractivity contribution in [3.8, 4) is 11.5 Å². The van der Waals surface area contributed by atoms with Gasteiger partial charge in [0.15, 0.2) is 12.4 Å². The third kappa shape index (κ3) is 4.40. The van der Waals surface area contributed by atoms with Gasteiger partial charge in [-0.15, -0.1) is 0 Å². The van der Waals surface area contributed by atoms with E-state index < -0.39 is 5.97 Å². The van der Waals surface area contributed by atoms with Gasteiger partial charge in [0.1, 0.15) is 17.2 Å². The Balaban J connectivity index is 1.38. The molecule has 0 atom stereocenters. The Morgan fingerprint density at radius 3 is 2.54 bits per heavy atom. The van der Waals surface area contributed by atoms with Crippen molar-refractivity contribution in [3.05, 3.63) is 101 Å². The molecule has 7 nitrogen and oxygen atoms in total. The first kappa shape index (κ1) is 22.4. The average Bonchev–Trinajstić information content (AvgIpc) is 3.60. The number of aryl methyl sites for hydroxylation is 2. The van der Waals surface area contributed by atoms with Gasteiger partial charge in [0.05, 0.1) is 23.9 Å². The molecular formula is C28H24N2O5. The number of carbonyl (C=O) groups is 2. The summed E-state index contributed by atoms with van der Waals surface area (Å²) in [5.74, 6) is 1.24. The van der Waals surface area contributed by atoms with E-state index in [1.54, 1.807) is 18.4 Å². The van der Waals surface area contributed by atoms with Crippen molar-refractivity contribution < 1.29 is 23.2 Å². The summed E-state index contributed by atoms with van der Waals surface area (Å²) in [6.45, 7) is 5.81. The van der Waals surface area contributed by atoms with Crippen molar-refractivity contribution in [2.75, 3.05) is 6.61 Å². The standard InChI is InChI=1S/C28H24N2O5/c1-17-13-22(19(3)30(17)15-20-7-6-12-33-20)26(31)16-34-28(32)23-14-25(27-11-10-18(2)35-27)29-24-9-5-4-8-21(23)24/h4-14H,15-16H2,1-3H3. The molecule has 0 amide bonds. The van der Waals surface area contributed by atoms with Crippen LogP contribution in [0.3, 0.4) is 0 Å². The van der Waals surface area contributed by atoms with E-state index >= 15 is 0 Å². The summed E-state index contributed by atoms with van der Waals surface area (Å²) in [5, 5.41) is 0.647. The minimum Gasteiger partial charge on any atom is -0.467 e. The van der Waals surface area contributed by atoms with Crippen LogP contribution in [0.25, 0.3) is 22.4 Å². The Labute approximate surface area is 202 Å². The Morgan fingerprint density at radius 2 is 1.80 bits per heavy atom. The van der Waals surface area contributed by atoms with Crippen LogP contribution >= 0.6 is 0 Å². The quantitative estimate of drug-likeness (QED) is 0.218. The number of nitrogens with zero attached hydrogens (tertiary/aromatic N) is 2.